The number of nitrogens with zero attached hydrogens (tertiary/aromatic N) is 1. The number of rotatable bonds is 6. The van der Waals surface area contributed by atoms with Gasteiger partial charge in [-0.15, -0.1) is 0 Å². The molecular formula is C18H20N2O4. The van der Waals surface area contributed by atoms with Crippen molar-refractivity contribution < 1.29 is 18.7 Å². The Bertz CT molecular complexity index is 712. The Morgan fingerprint density at radius 3 is 2.92 bits per heavy atom. The molecule has 0 aliphatic carbocycles. The third-order valence-electron chi connectivity index (χ3n) is 4.16. The van der Waals surface area contributed by atoms with Crippen molar-refractivity contribution in [2.45, 2.75) is 19.5 Å². The van der Waals surface area contributed by atoms with Crippen molar-refractivity contribution in [3.8, 4) is 5.75 Å². The Morgan fingerprint density at radius 2 is 2.17 bits per heavy atom. The van der Waals surface area contributed by atoms with E-state index in [1.165, 1.54) is 0 Å². The molecule has 0 unspecified atom stereocenters. The van der Waals surface area contributed by atoms with Crippen LogP contribution in [0, 0.1) is 5.92 Å². The molecule has 6 nitrogen and oxygen atoms in total. The fourth-order valence-corrected chi connectivity index (χ4v) is 2.87. The number of benzene rings is 1. The number of ether oxygens (including phenoxy) is 1. The summed E-state index contributed by atoms with van der Waals surface area (Å²) in [4.78, 5) is 26.2. The molecule has 2 heterocycles. The van der Waals surface area contributed by atoms with Gasteiger partial charge >= 0.3 is 0 Å². The molecule has 1 aromatic carbocycles. The molecule has 1 aliphatic rings. The molecule has 126 valence electrons. The lowest BCUT2D eigenvalue weighted by atomic mass is 10.1. The van der Waals surface area contributed by atoms with Crippen LogP contribution in [0.2, 0.25) is 0 Å². The van der Waals surface area contributed by atoms with E-state index in [0.29, 0.717) is 25.4 Å². The van der Waals surface area contributed by atoms with Crippen LogP contribution in [0.25, 0.3) is 0 Å². The van der Waals surface area contributed by atoms with Gasteiger partial charge in [-0.3, -0.25) is 9.59 Å². The average Bonchev–Trinajstić information content (AvgIpc) is 3.23. The monoisotopic (exact) mass is 328 g/mol. The van der Waals surface area contributed by atoms with Crippen molar-refractivity contribution in [2.75, 3.05) is 13.7 Å². The second-order valence-corrected chi connectivity index (χ2v) is 5.78. The van der Waals surface area contributed by atoms with Crippen molar-refractivity contribution in [1.82, 2.24) is 10.2 Å². The fourth-order valence-electron chi connectivity index (χ4n) is 2.87. The summed E-state index contributed by atoms with van der Waals surface area (Å²) >= 11 is 0. The van der Waals surface area contributed by atoms with Gasteiger partial charge < -0.3 is 19.4 Å². The van der Waals surface area contributed by atoms with E-state index in [2.05, 4.69) is 5.32 Å². The number of carbonyl (C=O) groups is 2. The Kier molecular flexibility index (Phi) is 4.84. The molecule has 1 aliphatic heterocycles. The predicted molar refractivity (Wildman–Crippen MR) is 87.1 cm³/mol. The van der Waals surface area contributed by atoms with E-state index in [9.17, 15) is 9.59 Å². The van der Waals surface area contributed by atoms with Crippen molar-refractivity contribution >= 4 is 11.8 Å². The van der Waals surface area contributed by atoms with Crippen molar-refractivity contribution in [3.63, 3.8) is 0 Å². The summed E-state index contributed by atoms with van der Waals surface area (Å²) in [6, 6.07) is 11.2. The molecule has 0 bridgehead atoms. The van der Waals surface area contributed by atoms with Gasteiger partial charge in [0, 0.05) is 25.1 Å². The zero-order valence-electron chi connectivity index (χ0n) is 13.5. The summed E-state index contributed by atoms with van der Waals surface area (Å²) in [7, 11) is 1.61. The number of carbonyl (C=O) groups excluding carboxylic acids is 2. The highest BCUT2D eigenvalue weighted by molar-refractivity contribution is 5.89. The highest BCUT2D eigenvalue weighted by atomic mass is 16.5. The van der Waals surface area contributed by atoms with Crippen LogP contribution in [0.5, 0.6) is 5.75 Å². The Balaban J connectivity index is 1.58. The fraction of sp³-hybridized carbons (Fsp3) is 0.333. The zero-order chi connectivity index (χ0) is 16.9. The van der Waals surface area contributed by atoms with Gasteiger partial charge in [-0.25, -0.2) is 0 Å². The number of nitrogens with one attached hydrogen (secondary N) is 1. The number of amides is 2. The summed E-state index contributed by atoms with van der Waals surface area (Å²) in [5.41, 5.74) is 0.935. The Hall–Kier alpha value is -2.76. The Morgan fingerprint density at radius 1 is 1.33 bits per heavy atom. The van der Waals surface area contributed by atoms with Crippen LogP contribution in [-0.4, -0.2) is 30.4 Å². The van der Waals surface area contributed by atoms with Gasteiger partial charge in [0.25, 0.3) is 0 Å². The number of hydrogen-bond donors (Lipinski definition) is 1. The molecule has 6 heteroatoms. The van der Waals surface area contributed by atoms with E-state index in [4.69, 9.17) is 9.15 Å². The van der Waals surface area contributed by atoms with Gasteiger partial charge in [-0.1, -0.05) is 18.2 Å². The SMILES string of the molecule is COc1ccccc1CN1C[C@H](C(=O)NCc2ccco2)CC1=O. The van der Waals surface area contributed by atoms with Gasteiger partial charge in [0.15, 0.2) is 0 Å². The lowest BCUT2D eigenvalue weighted by Crippen LogP contribution is -2.32. The average molecular weight is 328 g/mol. The number of likely N-dealkylation sites (tertiary alicyclic amines) is 1. The number of furan rings is 1. The van der Waals surface area contributed by atoms with E-state index < -0.39 is 0 Å². The van der Waals surface area contributed by atoms with E-state index in [1.54, 1.807) is 30.4 Å². The minimum absolute atomic E-state index is 0.0148. The van der Waals surface area contributed by atoms with Crippen LogP contribution in [0.15, 0.2) is 47.1 Å². The van der Waals surface area contributed by atoms with Gasteiger partial charge in [0.05, 0.1) is 25.8 Å². The van der Waals surface area contributed by atoms with E-state index in [1.807, 2.05) is 24.3 Å². The molecule has 1 aromatic heterocycles. The lowest BCUT2D eigenvalue weighted by molar-refractivity contribution is -0.129. The van der Waals surface area contributed by atoms with Gasteiger partial charge in [-0.05, 0) is 18.2 Å². The minimum Gasteiger partial charge on any atom is -0.496 e. The molecular weight excluding hydrogens is 308 g/mol. The van der Waals surface area contributed by atoms with Gasteiger partial charge in [-0.2, -0.15) is 0 Å². The van der Waals surface area contributed by atoms with Gasteiger partial charge in [0.1, 0.15) is 11.5 Å². The molecule has 3 rings (SSSR count). The first-order valence-electron chi connectivity index (χ1n) is 7.87. The van der Waals surface area contributed by atoms with Gasteiger partial charge in [0.2, 0.25) is 11.8 Å². The molecule has 2 aromatic rings. The number of methoxy groups -OCH3 is 1. The van der Waals surface area contributed by atoms with E-state index in [0.717, 1.165) is 11.3 Å². The maximum Gasteiger partial charge on any atom is 0.225 e. The van der Waals surface area contributed by atoms with Crippen LogP contribution in [0.1, 0.15) is 17.7 Å². The topological polar surface area (TPSA) is 71.8 Å². The van der Waals surface area contributed by atoms with E-state index >= 15 is 0 Å². The third-order valence-corrected chi connectivity index (χ3v) is 4.16. The summed E-state index contributed by atoms with van der Waals surface area (Å²) in [6.45, 7) is 1.20. The third kappa shape index (κ3) is 3.59. The summed E-state index contributed by atoms with van der Waals surface area (Å²) in [5.74, 6) is 0.970. The van der Waals surface area contributed by atoms with Crippen molar-refractivity contribution in [2.24, 2.45) is 5.92 Å². The van der Waals surface area contributed by atoms with Crippen molar-refractivity contribution in [3.05, 3.63) is 54.0 Å². The molecule has 24 heavy (non-hydrogen) atoms. The number of hydrogen-bond acceptors (Lipinski definition) is 4. The summed E-state index contributed by atoms with van der Waals surface area (Å²) < 4.78 is 10.5. The van der Waals surface area contributed by atoms with Crippen LogP contribution in [-0.2, 0) is 22.7 Å². The maximum atomic E-state index is 12.3. The number of para-hydroxylation sites is 1. The van der Waals surface area contributed by atoms with Crippen molar-refractivity contribution in [1.29, 1.82) is 0 Å². The van der Waals surface area contributed by atoms with Crippen LogP contribution >= 0.6 is 0 Å². The second kappa shape index (κ2) is 7.21. The molecule has 0 spiro atoms. The quantitative estimate of drug-likeness (QED) is 0.880. The first-order chi connectivity index (χ1) is 11.7. The second-order valence-electron chi connectivity index (χ2n) is 5.78. The molecule has 1 saturated heterocycles. The first kappa shape index (κ1) is 16.1. The normalized spacial score (nSPS) is 17.1. The van der Waals surface area contributed by atoms with E-state index in [-0.39, 0.29) is 24.2 Å². The summed E-state index contributed by atoms with van der Waals surface area (Å²) in [6.07, 6.45) is 1.80. The molecule has 1 atom stereocenters. The largest absolute Gasteiger partial charge is 0.496 e. The molecule has 1 N–H and O–H groups in total. The molecule has 0 saturated carbocycles. The van der Waals surface area contributed by atoms with Crippen LogP contribution in [0.4, 0.5) is 0 Å². The maximum absolute atomic E-state index is 12.3. The smallest absolute Gasteiger partial charge is 0.225 e. The lowest BCUT2D eigenvalue weighted by Gasteiger charge is -2.18. The molecule has 2 amide bonds. The highest BCUT2D eigenvalue weighted by Crippen LogP contribution is 2.24. The standard InChI is InChI=1S/C18H20N2O4/c1-23-16-7-3-2-5-13(16)11-20-12-14(9-17(20)21)18(22)19-10-15-6-4-8-24-15/h2-8,14H,9-12H2,1H3,(H,19,22)/t14-/m1/s1. The zero-order valence-corrected chi connectivity index (χ0v) is 13.5. The first-order valence-corrected chi connectivity index (χ1v) is 7.87. The van der Waals surface area contributed by atoms with Crippen LogP contribution < -0.4 is 10.1 Å². The summed E-state index contributed by atoms with van der Waals surface area (Å²) in [5, 5.41) is 2.82. The highest BCUT2D eigenvalue weighted by Gasteiger charge is 2.34. The molecule has 1 fully saturated rings. The minimum atomic E-state index is -0.331. The molecule has 0 radical (unpaired) electrons. The predicted octanol–water partition coefficient (Wildman–Crippen LogP) is 1.95. The van der Waals surface area contributed by atoms with Crippen LogP contribution in [0.3, 0.4) is 0 Å². The Labute approximate surface area is 140 Å².